The molecule has 0 saturated carbocycles. The van der Waals surface area contributed by atoms with Crippen molar-refractivity contribution in [1.82, 2.24) is 4.57 Å². The van der Waals surface area contributed by atoms with E-state index >= 15 is 0 Å². The van der Waals surface area contributed by atoms with E-state index in [0.29, 0.717) is 0 Å². The third kappa shape index (κ3) is 2.63. The molecule has 0 saturated heterocycles. The molecule has 4 nitrogen and oxygen atoms in total. The van der Waals surface area contributed by atoms with Crippen molar-refractivity contribution < 1.29 is 14.3 Å². The van der Waals surface area contributed by atoms with Crippen molar-refractivity contribution in [1.29, 1.82) is 0 Å². The number of halogens is 1. The van der Waals surface area contributed by atoms with Gasteiger partial charge in [-0.15, -0.1) is 0 Å². The molecule has 0 radical (unpaired) electrons. The molecule has 5 heteroatoms. The predicted molar refractivity (Wildman–Crippen MR) is 63.2 cm³/mol. The summed E-state index contributed by atoms with van der Waals surface area (Å²) in [5, 5.41) is 8.84. The normalized spacial score (nSPS) is 10.3. The monoisotopic (exact) mass is 247 g/mol. The first-order chi connectivity index (χ1) is 8.56. The van der Waals surface area contributed by atoms with Crippen LogP contribution in [0.15, 0.2) is 47.4 Å². The summed E-state index contributed by atoms with van der Waals surface area (Å²) in [5.74, 6) is -1.45. The van der Waals surface area contributed by atoms with E-state index in [1.54, 1.807) is 12.1 Å². The molecule has 0 atom stereocenters. The Morgan fingerprint density at radius 2 is 1.83 bits per heavy atom. The topological polar surface area (TPSA) is 59.3 Å². The van der Waals surface area contributed by atoms with Crippen LogP contribution in [0.3, 0.4) is 0 Å². The molecular formula is C13H10FNO3. The highest BCUT2D eigenvalue weighted by atomic mass is 19.1. The summed E-state index contributed by atoms with van der Waals surface area (Å²) in [6, 6.07) is 8.14. The van der Waals surface area contributed by atoms with Crippen molar-refractivity contribution in [2.45, 2.75) is 6.54 Å². The lowest BCUT2D eigenvalue weighted by molar-refractivity contribution is 0.0696. The van der Waals surface area contributed by atoms with Crippen molar-refractivity contribution in [2.75, 3.05) is 0 Å². The second-order valence-electron chi connectivity index (χ2n) is 3.82. The Labute approximate surface area is 102 Å². The van der Waals surface area contributed by atoms with E-state index in [1.165, 1.54) is 35.0 Å². The van der Waals surface area contributed by atoms with Gasteiger partial charge in [0.1, 0.15) is 5.82 Å². The van der Waals surface area contributed by atoms with Crippen LogP contribution < -0.4 is 5.56 Å². The number of hydrogen-bond acceptors (Lipinski definition) is 2. The quantitative estimate of drug-likeness (QED) is 0.898. The third-order valence-electron chi connectivity index (χ3n) is 2.50. The van der Waals surface area contributed by atoms with E-state index in [-0.39, 0.29) is 23.5 Å². The summed E-state index contributed by atoms with van der Waals surface area (Å²) in [7, 11) is 0. The first kappa shape index (κ1) is 12.0. The van der Waals surface area contributed by atoms with Crippen molar-refractivity contribution in [2.24, 2.45) is 0 Å². The Morgan fingerprint density at radius 1 is 1.17 bits per heavy atom. The molecular weight excluding hydrogens is 237 g/mol. The van der Waals surface area contributed by atoms with Gasteiger partial charge in [0.2, 0.25) is 0 Å². The Kier molecular flexibility index (Phi) is 3.23. The number of carboxylic acids is 1. The average molecular weight is 247 g/mol. The molecule has 0 unspecified atom stereocenters. The summed E-state index contributed by atoms with van der Waals surface area (Å²) >= 11 is 0. The Hall–Kier alpha value is -2.43. The molecule has 18 heavy (non-hydrogen) atoms. The van der Waals surface area contributed by atoms with Gasteiger partial charge in [0.25, 0.3) is 5.56 Å². The molecule has 0 fully saturated rings. The van der Waals surface area contributed by atoms with Gasteiger partial charge >= 0.3 is 5.97 Å². The molecule has 2 aromatic rings. The molecule has 0 aliphatic heterocycles. The highest BCUT2D eigenvalue weighted by Gasteiger charge is 2.05. The average Bonchev–Trinajstić information content (AvgIpc) is 2.34. The number of rotatable bonds is 3. The number of carboxylic acid groups (broad SMARTS) is 1. The van der Waals surface area contributed by atoms with Crippen molar-refractivity contribution in [3.05, 3.63) is 69.9 Å². The van der Waals surface area contributed by atoms with Gasteiger partial charge < -0.3 is 9.67 Å². The van der Waals surface area contributed by atoms with Crippen LogP contribution in [0.4, 0.5) is 4.39 Å². The Balaban J connectivity index is 2.33. The molecule has 0 bridgehead atoms. The van der Waals surface area contributed by atoms with Gasteiger partial charge in [0, 0.05) is 12.3 Å². The number of carbonyl (C=O) groups is 1. The van der Waals surface area contributed by atoms with Crippen LogP contribution >= 0.6 is 0 Å². The van der Waals surface area contributed by atoms with Gasteiger partial charge in [0.15, 0.2) is 0 Å². The van der Waals surface area contributed by atoms with Crippen molar-refractivity contribution in [3.63, 3.8) is 0 Å². The predicted octanol–water partition coefficient (Wildman–Crippen LogP) is 1.73. The second-order valence-corrected chi connectivity index (χ2v) is 3.82. The zero-order valence-electron chi connectivity index (χ0n) is 9.34. The lowest BCUT2D eigenvalue weighted by Gasteiger charge is -2.06. The molecule has 1 N–H and O–H groups in total. The minimum absolute atomic E-state index is 0.0386. The zero-order chi connectivity index (χ0) is 13.1. The number of benzene rings is 1. The van der Waals surface area contributed by atoms with Crippen LogP contribution in [0.2, 0.25) is 0 Å². The van der Waals surface area contributed by atoms with Gasteiger partial charge in [-0.3, -0.25) is 4.79 Å². The minimum Gasteiger partial charge on any atom is -0.478 e. The molecule has 0 aliphatic carbocycles. The Morgan fingerprint density at radius 3 is 2.44 bits per heavy atom. The SMILES string of the molecule is O=C(O)c1ccc(=O)n(Cc2ccc(F)cc2)c1. The van der Waals surface area contributed by atoms with E-state index in [1.807, 2.05) is 0 Å². The lowest BCUT2D eigenvalue weighted by Crippen LogP contribution is -2.20. The number of nitrogens with zero attached hydrogens (tertiary/aromatic N) is 1. The number of aromatic carboxylic acids is 1. The van der Waals surface area contributed by atoms with Gasteiger partial charge in [-0.25, -0.2) is 9.18 Å². The van der Waals surface area contributed by atoms with Gasteiger partial charge in [-0.1, -0.05) is 12.1 Å². The number of pyridine rings is 1. The number of hydrogen-bond donors (Lipinski definition) is 1. The fourth-order valence-corrected chi connectivity index (χ4v) is 1.57. The van der Waals surface area contributed by atoms with E-state index in [2.05, 4.69) is 0 Å². The Bertz CT molecular complexity index is 631. The van der Waals surface area contributed by atoms with Crippen LogP contribution in [-0.2, 0) is 6.54 Å². The molecule has 1 heterocycles. The maximum Gasteiger partial charge on any atom is 0.337 e. The molecule has 92 valence electrons. The molecule has 1 aromatic heterocycles. The fourth-order valence-electron chi connectivity index (χ4n) is 1.57. The zero-order valence-corrected chi connectivity index (χ0v) is 9.34. The standard InChI is InChI=1S/C13H10FNO3/c14-11-4-1-9(2-5-11)7-15-8-10(13(17)18)3-6-12(15)16/h1-6,8H,7H2,(H,17,18). The van der Waals surface area contributed by atoms with Gasteiger partial charge in [-0.2, -0.15) is 0 Å². The third-order valence-corrected chi connectivity index (χ3v) is 2.50. The van der Waals surface area contributed by atoms with Crippen molar-refractivity contribution in [3.8, 4) is 0 Å². The molecule has 0 amide bonds. The summed E-state index contributed by atoms with van der Waals surface area (Å²) in [4.78, 5) is 22.4. The summed E-state index contributed by atoms with van der Waals surface area (Å²) < 4.78 is 14.0. The lowest BCUT2D eigenvalue weighted by atomic mass is 10.2. The van der Waals surface area contributed by atoms with Crippen LogP contribution in [0, 0.1) is 5.82 Å². The van der Waals surface area contributed by atoms with E-state index in [4.69, 9.17) is 5.11 Å². The maximum atomic E-state index is 12.7. The maximum absolute atomic E-state index is 12.7. The van der Waals surface area contributed by atoms with E-state index < -0.39 is 5.97 Å². The van der Waals surface area contributed by atoms with Gasteiger partial charge in [0.05, 0.1) is 12.1 Å². The van der Waals surface area contributed by atoms with Crippen LogP contribution in [-0.4, -0.2) is 15.6 Å². The number of aromatic nitrogens is 1. The second kappa shape index (κ2) is 4.83. The van der Waals surface area contributed by atoms with E-state index in [9.17, 15) is 14.0 Å². The molecule has 1 aromatic carbocycles. The molecule has 0 aliphatic rings. The summed E-state index contributed by atoms with van der Waals surface area (Å²) in [5.41, 5.74) is 0.460. The summed E-state index contributed by atoms with van der Waals surface area (Å²) in [6.07, 6.45) is 1.27. The highest BCUT2D eigenvalue weighted by molar-refractivity contribution is 5.87. The smallest absolute Gasteiger partial charge is 0.337 e. The minimum atomic E-state index is -1.09. The van der Waals surface area contributed by atoms with Crippen LogP contribution in [0.25, 0.3) is 0 Å². The molecule has 0 spiro atoms. The first-order valence-corrected chi connectivity index (χ1v) is 5.24. The van der Waals surface area contributed by atoms with Gasteiger partial charge in [-0.05, 0) is 23.8 Å². The highest BCUT2D eigenvalue weighted by Crippen LogP contribution is 2.05. The van der Waals surface area contributed by atoms with Crippen molar-refractivity contribution >= 4 is 5.97 Å². The molecule has 2 rings (SSSR count). The van der Waals surface area contributed by atoms with E-state index in [0.717, 1.165) is 5.56 Å². The first-order valence-electron chi connectivity index (χ1n) is 5.24. The largest absolute Gasteiger partial charge is 0.478 e. The fraction of sp³-hybridized carbons (Fsp3) is 0.0769. The van der Waals surface area contributed by atoms with Crippen LogP contribution in [0.5, 0.6) is 0 Å². The summed E-state index contributed by atoms with van der Waals surface area (Å²) in [6.45, 7) is 0.209. The van der Waals surface area contributed by atoms with Crippen LogP contribution in [0.1, 0.15) is 15.9 Å².